The summed E-state index contributed by atoms with van der Waals surface area (Å²) in [5.41, 5.74) is 0.404. The molecule has 1 aromatic rings. The van der Waals surface area contributed by atoms with Crippen molar-refractivity contribution < 1.29 is 13.9 Å². The highest BCUT2D eigenvalue weighted by Crippen LogP contribution is 2.21. The number of nitrogens with zero attached hydrogens (tertiary/aromatic N) is 1. The molecule has 1 aliphatic rings. The van der Waals surface area contributed by atoms with Gasteiger partial charge in [-0.25, -0.2) is 4.39 Å². The quantitative estimate of drug-likeness (QED) is 0.804. The Hall–Kier alpha value is -1.58. The van der Waals surface area contributed by atoms with Gasteiger partial charge in [-0.15, -0.1) is 0 Å². The number of methoxy groups -OCH3 is 1. The molecule has 0 spiro atoms. The summed E-state index contributed by atoms with van der Waals surface area (Å²) < 4.78 is 18.7. The van der Waals surface area contributed by atoms with Crippen LogP contribution in [0.2, 0.25) is 0 Å². The predicted molar refractivity (Wildman–Crippen MR) is 62.5 cm³/mol. The van der Waals surface area contributed by atoms with Crippen molar-refractivity contribution in [2.75, 3.05) is 20.2 Å². The highest BCUT2D eigenvalue weighted by molar-refractivity contribution is 5.79. The molecule has 0 aromatic heterocycles. The van der Waals surface area contributed by atoms with Gasteiger partial charge in [0.25, 0.3) is 0 Å². The lowest BCUT2D eigenvalue weighted by molar-refractivity contribution is -0.129. The first-order valence-corrected chi connectivity index (χ1v) is 5.81. The maximum Gasteiger partial charge on any atom is 0.227 e. The average Bonchev–Trinajstić information content (AvgIpc) is 2.85. The van der Waals surface area contributed by atoms with E-state index < -0.39 is 5.82 Å². The number of hydrogen-bond acceptors (Lipinski definition) is 2. The first-order valence-electron chi connectivity index (χ1n) is 5.81. The van der Waals surface area contributed by atoms with Gasteiger partial charge in [-0.1, -0.05) is 12.1 Å². The minimum absolute atomic E-state index is 0.00495. The van der Waals surface area contributed by atoms with Gasteiger partial charge in [0.2, 0.25) is 5.91 Å². The van der Waals surface area contributed by atoms with E-state index in [4.69, 9.17) is 4.74 Å². The summed E-state index contributed by atoms with van der Waals surface area (Å²) in [6.45, 7) is 1.59. The molecule has 1 amide bonds. The average molecular weight is 237 g/mol. The van der Waals surface area contributed by atoms with Crippen LogP contribution in [0.4, 0.5) is 4.39 Å². The van der Waals surface area contributed by atoms with Crippen LogP contribution in [0.15, 0.2) is 18.2 Å². The van der Waals surface area contributed by atoms with Crippen molar-refractivity contribution in [1.82, 2.24) is 4.90 Å². The van der Waals surface area contributed by atoms with Gasteiger partial charge in [-0.05, 0) is 18.9 Å². The zero-order valence-electron chi connectivity index (χ0n) is 9.91. The summed E-state index contributed by atoms with van der Waals surface area (Å²) >= 11 is 0. The lowest BCUT2D eigenvalue weighted by Crippen LogP contribution is -2.29. The Kier molecular flexibility index (Phi) is 3.61. The van der Waals surface area contributed by atoms with Crippen LogP contribution < -0.4 is 4.74 Å². The Morgan fingerprint density at radius 2 is 2.12 bits per heavy atom. The number of likely N-dealkylation sites (tertiary alicyclic amines) is 1. The predicted octanol–water partition coefficient (Wildman–Crippen LogP) is 2.00. The van der Waals surface area contributed by atoms with Crippen LogP contribution in [-0.2, 0) is 11.2 Å². The van der Waals surface area contributed by atoms with Crippen molar-refractivity contribution in [3.8, 4) is 5.75 Å². The van der Waals surface area contributed by atoms with E-state index in [1.807, 2.05) is 0 Å². The molecule has 1 aromatic carbocycles. The summed E-state index contributed by atoms with van der Waals surface area (Å²) in [7, 11) is 1.42. The molecular formula is C13H16FNO2. The summed E-state index contributed by atoms with van der Waals surface area (Å²) in [5, 5.41) is 0. The number of hydrogen-bond donors (Lipinski definition) is 0. The molecule has 0 atom stereocenters. The Labute approximate surface area is 100 Å². The van der Waals surface area contributed by atoms with E-state index in [0.717, 1.165) is 25.9 Å². The van der Waals surface area contributed by atoms with Crippen molar-refractivity contribution in [2.45, 2.75) is 19.3 Å². The lowest BCUT2D eigenvalue weighted by Gasteiger charge is -2.15. The lowest BCUT2D eigenvalue weighted by atomic mass is 10.1. The zero-order chi connectivity index (χ0) is 12.3. The van der Waals surface area contributed by atoms with Gasteiger partial charge in [-0.2, -0.15) is 0 Å². The summed E-state index contributed by atoms with van der Waals surface area (Å²) in [6, 6.07) is 4.89. The maximum absolute atomic E-state index is 13.8. The van der Waals surface area contributed by atoms with Crippen LogP contribution in [0.5, 0.6) is 5.75 Å². The fraction of sp³-hybridized carbons (Fsp3) is 0.462. The summed E-state index contributed by atoms with van der Waals surface area (Å²) in [5.74, 6) is -0.242. The van der Waals surface area contributed by atoms with Crippen molar-refractivity contribution in [2.24, 2.45) is 0 Å². The molecule has 3 nitrogen and oxygen atoms in total. The molecule has 0 saturated carbocycles. The normalized spacial score (nSPS) is 15.1. The minimum Gasteiger partial charge on any atom is -0.494 e. The van der Waals surface area contributed by atoms with Crippen molar-refractivity contribution in [1.29, 1.82) is 0 Å². The van der Waals surface area contributed by atoms with Crippen LogP contribution >= 0.6 is 0 Å². The van der Waals surface area contributed by atoms with Gasteiger partial charge < -0.3 is 9.64 Å². The van der Waals surface area contributed by atoms with Crippen LogP contribution in [0.3, 0.4) is 0 Å². The third kappa shape index (κ3) is 2.57. The second kappa shape index (κ2) is 5.17. The molecule has 1 aliphatic heterocycles. The molecule has 17 heavy (non-hydrogen) atoms. The molecule has 1 heterocycles. The molecule has 2 rings (SSSR count). The van der Waals surface area contributed by atoms with Crippen LogP contribution in [0, 0.1) is 5.82 Å². The second-order valence-corrected chi connectivity index (χ2v) is 4.20. The van der Waals surface area contributed by atoms with Gasteiger partial charge in [0.1, 0.15) is 0 Å². The number of amides is 1. The maximum atomic E-state index is 13.8. The molecular weight excluding hydrogens is 221 g/mol. The van der Waals surface area contributed by atoms with Gasteiger partial charge in [0, 0.05) is 18.7 Å². The minimum atomic E-state index is -0.428. The van der Waals surface area contributed by atoms with Gasteiger partial charge in [0.15, 0.2) is 11.6 Å². The van der Waals surface area contributed by atoms with E-state index in [1.54, 1.807) is 23.1 Å². The first kappa shape index (κ1) is 11.9. The molecule has 4 heteroatoms. The molecule has 0 unspecified atom stereocenters. The SMILES string of the molecule is COc1cccc(CC(=O)N2CCCC2)c1F. The number of halogens is 1. The van der Waals surface area contributed by atoms with Gasteiger partial charge >= 0.3 is 0 Å². The molecule has 92 valence electrons. The van der Waals surface area contributed by atoms with Crippen LogP contribution in [0.25, 0.3) is 0 Å². The van der Waals surface area contributed by atoms with Gasteiger partial charge in [-0.3, -0.25) is 4.79 Å². The number of benzene rings is 1. The Morgan fingerprint density at radius 1 is 1.41 bits per heavy atom. The third-order valence-electron chi connectivity index (χ3n) is 3.06. The van der Waals surface area contributed by atoms with E-state index in [1.165, 1.54) is 7.11 Å². The van der Waals surface area contributed by atoms with Crippen molar-refractivity contribution in [3.63, 3.8) is 0 Å². The molecule has 0 aliphatic carbocycles. The topological polar surface area (TPSA) is 29.5 Å². The van der Waals surface area contributed by atoms with Gasteiger partial charge in [0.05, 0.1) is 13.5 Å². The smallest absolute Gasteiger partial charge is 0.227 e. The highest BCUT2D eigenvalue weighted by Gasteiger charge is 2.20. The largest absolute Gasteiger partial charge is 0.494 e. The Balaban J connectivity index is 2.10. The third-order valence-corrected chi connectivity index (χ3v) is 3.06. The van der Waals surface area contributed by atoms with E-state index in [9.17, 15) is 9.18 Å². The van der Waals surface area contributed by atoms with E-state index in [0.29, 0.717) is 5.56 Å². The fourth-order valence-corrected chi connectivity index (χ4v) is 2.09. The Morgan fingerprint density at radius 3 is 2.76 bits per heavy atom. The Bertz CT molecular complexity index is 414. The monoisotopic (exact) mass is 237 g/mol. The molecule has 0 bridgehead atoms. The highest BCUT2D eigenvalue weighted by atomic mass is 19.1. The molecule has 1 saturated heterocycles. The van der Waals surface area contributed by atoms with Crippen molar-refractivity contribution >= 4 is 5.91 Å². The number of carbonyl (C=O) groups excluding carboxylic acids is 1. The molecule has 0 N–H and O–H groups in total. The summed E-state index contributed by atoms with van der Waals surface area (Å²) in [6.07, 6.45) is 2.21. The number of carbonyl (C=O) groups is 1. The van der Waals surface area contributed by atoms with E-state index in [2.05, 4.69) is 0 Å². The van der Waals surface area contributed by atoms with E-state index in [-0.39, 0.29) is 18.1 Å². The molecule has 1 fully saturated rings. The zero-order valence-corrected chi connectivity index (χ0v) is 9.91. The first-order chi connectivity index (χ1) is 8.22. The van der Waals surface area contributed by atoms with Crippen molar-refractivity contribution in [3.05, 3.63) is 29.6 Å². The second-order valence-electron chi connectivity index (χ2n) is 4.20. The van der Waals surface area contributed by atoms with Crippen LogP contribution in [-0.4, -0.2) is 31.0 Å². The molecule has 0 radical (unpaired) electrons. The number of rotatable bonds is 3. The van der Waals surface area contributed by atoms with Crippen LogP contribution in [0.1, 0.15) is 18.4 Å². The van der Waals surface area contributed by atoms with E-state index >= 15 is 0 Å². The number of ether oxygens (including phenoxy) is 1. The fourth-order valence-electron chi connectivity index (χ4n) is 2.09. The standard InChI is InChI=1S/C13H16FNO2/c1-17-11-6-4-5-10(13(11)14)9-12(16)15-7-2-3-8-15/h4-6H,2-3,7-9H2,1H3. The summed E-state index contributed by atoms with van der Waals surface area (Å²) in [4.78, 5) is 13.7.